The van der Waals surface area contributed by atoms with Gasteiger partial charge in [-0.2, -0.15) is 0 Å². The third kappa shape index (κ3) is 2.69. The topological polar surface area (TPSA) is 58.3 Å². The van der Waals surface area contributed by atoms with Gasteiger partial charge in [0.15, 0.2) is 5.89 Å². The normalized spacial score (nSPS) is 26.2. The molecule has 96 valence electrons. The van der Waals surface area contributed by atoms with Gasteiger partial charge in [0.1, 0.15) is 17.1 Å². The van der Waals surface area contributed by atoms with Crippen LogP contribution in [0.5, 0.6) is 0 Å². The highest BCUT2D eigenvalue weighted by Crippen LogP contribution is 2.29. The molecule has 1 fully saturated rings. The van der Waals surface area contributed by atoms with E-state index in [0.29, 0.717) is 17.7 Å². The summed E-state index contributed by atoms with van der Waals surface area (Å²) >= 11 is 0. The third-order valence-corrected chi connectivity index (χ3v) is 3.40. The Hall–Kier alpha value is -0.870. The van der Waals surface area contributed by atoms with E-state index in [4.69, 9.17) is 4.42 Å². The first-order valence-corrected chi connectivity index (χ1v) is 6.31. The van der Waals surface area contributed by atoms with Crippen molar-refractivity contribution in [3.05, 3.63) is 17.3 Å². The number of nitrogens with one attached hydrogen (secondary N) is 1. The van der Waals surface area contributed by atoms with Gasteiger partial charge in [0, 0.05) is 18.5 Å². The lowest BCUT2D eigenvalue weighted by atomic mass is 9.95. The van der Waals surface area contributed by atoms with Gasteiger partial charge in [0.25, 0.3) is 0 Å². The van der Waals surface area contributed by atoms with E-state index in [-0.39, 0.29) is 0 Å². The average molecular weight is 238 g/mol. The predicted octanol–water partition coefficient (Wildman–Crippen LogP) is 2.07. The number of aryl methyl sites for hydroxylation is 1. The second kappa shape index (κ2) is 4.42. The Morgan fingerprint density at radius 3 is 2.59 bits per heavy atom. The zero-order chi connectivity index (χ0) is 12.6. The first kappa shape index (κ1) is 12.6. The maximum atomic E-state index is 9.99. The molecule has 2 N–H and O–H groups in total. The Kier molecular flexibility index (Phi) is 3.27. The molecule has 1 saturated heterocycles. The van der Waals surface area contributed by atoms with E-state index in [1.807, 2.05) is 6.92 Å². The van der Waals surface area contributed by atoms with Gasteiger partial charge in [0.2, 0.25) is 0 Å². The van der Waals surface area contributed by atoms with Gasteiger partial charge in [-0.05, 0) is 40.5 Å². The van der Waals surface area contributed by atoms with Gasteiger partial charge in [-0.3, -0.25) is 0 Å². The lowest BCUT2D eigenvalue weighted by Gasteiger charge is -2.25. The van der Waals surface area contributed by atoms with Crippen molar-refractivity contribution in [1.29, 1.82) is 0 Å². The molecule has 4 heteroatoms. The summed E-state index contributed by atoms with van der Waals surface area (Å²) in [5.41, 5.74) is -0.271. The van der Waals surface area contributed by atoms with Gasteiger partial charge in [-0.25, -0.2) is 4.98 Å². The minimum atomic E-state index is -0.929. The molecule has 0 aromatic carbocycles. The number of hydrogen-bond acceptors (Lipinski definition) is 4. The second-order valence-corrected chi connectivity index (χ2v) is 5.60. The first-order chi connectivity index (χ1) is 7.88. The zero-order valence-corrected chi connectivity index (χ0v) is 11.1. The molecule has 0 aliphatic carbocycles. The molecule has 1 aliphatic rings. The van der Waals surface area contributed by atoms with Crippen molar-refractivity contribution < 1.29 is 9.52 Å². The van der Waals surface area contributed by atoms with Crippen molar-refractivity contribution >= 4 is 0 Å². The van der Waals surface area contributed by atoms with Crippen LogP contribution in [0.15, 0.2) is 4.42 Å². The number of nitrogens with zero attached hydrogens (tertiary/aromatic N) is 1. The monoisotopic (exact) mass is 238 g/mol. The lowest BCUT2D eigenvalue weighted by Crippen LogP contribution is -2.35. The lowest BCUT2D eigenvalue weighted by molar-refractivity contribution is 0.0728. The summed E-state index contributed by atoms with van der Waals surface area (Å²) in [6.45, 7) is 8.44. The molecule has 2 atom stereocenters. The van der Waals surface area contributed by atoms with E-state index in [2.05, 4.69) is 17.2 Å². The molecule has 0 spiro atoms. The van der Waals surface area contributed by atoms with Crippen LogP contribution in [0.2, 0.25) is 0 Å². The highest BCUT2D eigenvalue weighted by molar-refractivity contribution is 5.17. The van der Waals surface area contributed by atoms with E-state index in [1.165, 1.54) is 0 Å². The fourth-order valence-electron chi connectivity index (χ4n) is 2.37. The maximum Gasteiger partial charge on any atom is 0.199 e. The van der Waals surface area contributed by atoms with Crippen LogP contribution in [0, 0.1) is 6.92 Å². The van der Waals surface area contributed by atoms with Crippen molar-refractivity contribution in [3.63, 3.8) is 0 Å². The Bertz CT molecular complexity index is 385. The van der Waals surface area contributed by atoms with Crippen LogP contribution in [-0.4, -0.2) is 22.7 Å². The Labute approximate surface area is 102 Å². The SMILES string of the molecule is Cc1oc(C2CCC(C)NC2)nc1C(C)(C)O. The molecule has 17 heavy (non-hydrogen) atoms. The molecule has 1 aliphatic heterocycles. The Balaban J connectivity index is 2.18. The predicted molar refractivity (Wildman–Crippen MR) is 65.9 cm³/mol. The van der Waals surface area contributed by atoms with Crippen LogP contribution in [0.3, 0.4) is 0 Å². The summed E-state index contributed by atoms with van der Waals surface area (Å²) in [5.74, 6) is 1.83. The van der Waals surface area contributed by atoms with E-state index in [1.54, 1.807) is 13.8 Å². The minimum absolute atomic E-state index is 0.334. The van der Waals surface area contributed by atoms with Gasteiger partial charge >= 0.3 is 0 Å². The average Bonchev–Trinajstić information content (AvgIpc) is 2.61. The summed E-state index contributed by atoms with van der Waals surface area (Å²) in [6, 6.07) is 0.580. The second-order valence-electron chi connectivity index (χ2n) is 5.60. The molecule has 2 rings (SSSR count). The van der Waals surface area contributed by atoms with E-state index >= 15 is 0 Å². The third-order valence-electron chi connectivity index (χ3n) is 3.40. The van der Waals surface area contributed by atoms with Crippen LogP contribution in [-0.2, 0) is 5.60 Å². The van der Waals surface area contributed by atoms with Crippen LogP contribution in [0.4, 0.5) is 0 Å². The fourth-order valence-corrected chi connectivity index (χ4v) is 2.37. The number of rotatable bonds is 2. The summed E-state index contributed by atoms with van der Waals surface area (Å²) in [4.78, 5) is 4.47. The maximum absolute atomic E-state index is 9.99. The molecular formula is C13H22N2O2. The number of oxazole rings is 1. The van der Waals surface area contributed by atoms with Gasteiger partial charge in [-0.15, -0.1) is 0 Å². The van der Waals surface area contributed by atoms with Crippen molar-refractivity contribution in [1.82, 2.24) is 10.3 Å². The molecule has 0 saturated carbocycles. The van der Waals surface area contributed by atoms with Gasteiger partial charge in [-0.1, -0.05) is 0 Å². The molecule has 0 radical (unpaired) electrons. The highest BCUT2D eigenvalue weighted by atomic mass is 16.4. The summed E-state index contributed by atoms with van der Waals surface area (Å²) in [7, 11) is 0. The summed E-state index contributed by atoms with van der Waals surface area (Å²) in [6.07, 6.45) is 2.24. The molecule has 4 nitrogen and oxygen atoms in total. The highest BCUT2D eigenvalue weighted by Gasteiger charge is 2.29. The van der Waals surface area contributed by atoms with E-state index < -0.39 is 5.60 Å². The Morgan fingerprint density at radius 1 is 1.41 bits per heavy atom. The van der Waals surface area contributed by atoms with Gasteiger partial charge in [0.05, 0.1) is 0 Å². The zero-order valence-electron chi connectivity index (χ0n) is 11.1. The molecule has 1 aromatic rings. The molecule has 2 unspecified atom stereocenters. The quantitative estimate of drug-likeness (QED) is 0.828. The first-order valence-electron chi connectivity index (χ1n) is 6.31. The molecular weight excluding hydrogens is 216 g/mol. The molecule has 0 bridgehead atoms. The summed E-state index contributed by atoms with van der Waals surface area (Å²) in [5, 5.41) is 13.4. The van der Waals surface area contributed by atoms with Crippen molar-refractivity contribution in [2.24, 2.45) is 0 Å². The molecule has 2 heterocycles. The van der Waals surface area contributed by atoms with E-state index in [9.17, 15) is 5.11 Å². The van der Waals surface area contributed by atoms with Crippen molar-refractivity contribution in [3.8, 4) is 0 Å². The molecule has 1 aromatic heterocycles. The summed E-state index contributed by atoms with van der Waals surface area (Å²) < 4.78 is 5.70. The van der Waals surface area contributed by atoms with Crippen LogP contribution >= 0.6 is 0 Å². The Morgan fingerprint density at radius 2 is 2.12 bits per heavy atom. The largest absolute Gasteiger partial charge is 0.445 e. The van der Waals surface area contributed by atoms with Crippen molar-refractivity contribution in [2.45, 2.75) is 58.1 Å². The van der Waals surface area contributed by atoms with Gasteiger partial charge < -0.3 is 14.8 Å². The standard InChI is InChI=1S/C13H22N2O2/c1-8-5-6-10(7-14-8)12-15-11(9(2)17-12)13(3,4)16/h8,10,14,16H,5-7H2,1-4H3. The van der Waals surface area contributed by atoms with Crippen molar-refractivity contribution in [2.75, 3.05) is 6.54 Å². The van der Waals surface area contributed by atoms with Crippen LogP contribution < -0.4 is 5.32 Å². The fraction of sp³-hybridized carbons (Fsp3) is 0.769. The van der Waals surface area contributed by atoms with Crippen LogP contribution in [0.25, 0.3) is 0 Å². The number of piperidine rings is 1. The van der Waals surface area contributed by atoms with E-state index in [0.717, 1.165) is 31.0 Å². The van der Waals surface area contributed by atoms with Crippen LogP contribution in [0.1, 0.15) is 56.9 Å². The smallest absolute Gasteiger partial charge is 0.199 e. The minimum Gasteiger partial charge on any atom is -0.445 e. The number of aliphatic hydroxyl groups is 1. The number of hydrogen-bond donors (Lipinski definition) is 2. The number of aromatic nitrogens is 1. The molecule has 0 amide bonds.